The Morgan fingerprint density at radius 3 is 2.55 bits per heavy atom. The van der Waals surface area contributed by atoms with Gasteiger partial charge < -0.3 is 19.7 Å². The van der Waals surface area contributed by atoms with Crippen LogP contribution in [0.4, 0.5) is 0 Å². The number of nitrogens with zero attached hydrogens (tertiary/aromatic N) is 1. The number of nitrogens with one attached hydrogen (secondary N) is 1. The fourth-order valence-corrected chi connectivity index (χ4v) is 4.03. The fraction of sp³-hybridized carbons (Fsp3) is 0.481. The molecule has 0 unspecified atom stereocenters. The van der Waals surface area contributed by atoms with Crippen LogP contribution in [0.1, 0.15) is 56.2 Å². The largest absolute Gasteiger partial charge is 0.486 e. The maximum Gasteiger partial charge on any atom is 0.242 e. The highest BCUT2D eigenvalue weighted by Gasteiger charge is 2.28. The molecule has 2 amide bonds. The second kappa shape index (κ2) is 12.3. The summed E-state index contributed by atoms with van der Waals surface area (Å²) in [6.07, 6.45) is 3.41. The molecule has 0 bridgehead atoms. The van der Waals surface area contributed by atoms with Crippen molar-refractivity contribution in [3.8, 4) is 11.5 Å². The predicted octanol–water partition coefficient (Wildman–Crippen LogP) is 4.42. The van der Waals surface area contributed by atoms with E-state index in [1.54, 1.807) is 4.90 Å². The van der Waals surface area contributed by atoms with Gasteiger partial charge in [0.15, 0.2) is 11.5 Å². The molecule has 0 spiro atoms. The molecule has 1 aliphatic heterocycles. The zero-order valence-electron chi connectivity index (χ0n) is 20.1. The summed E-state index contributed by atoms with van der Waals surface area (Å²) < 4.78 is 11.3. The van der Waals surface area contributed by atoms with Crippen LogP contribution >= 0.6 is 0 Å². The highest BCUT2D eigenvalue weighted by molar-refractivity contribution is 5.87. The van der Waals surface area contributed by atoms with Crippen LogP contribution in [0.25, 0.3) is 0 Å². The van der Waals surface area contributed by atoms with Gasteiger partial charge in [-0.3, -0.25) is 9.59 Å². The van der Waals surface area contributed by atoms with E-state index in [9.17, 15) is 9.59 Å². The predicted molar refractivity (Wildman–Crippen MR) is 129 cm³/mol. The van der Waals surface area contributed by atoms with Crippen molar-refractivity contribution in [1.29, 1.82) is 0 Å². The van der Waals surface area contributed by atoms with E-state index in [2.05, 4.69) is 12.2 Å². The zero-order valence-corrected chi connectivity index (χ0v) is 20.1. The molecule has 0 aliphatic carbocycles. The van der Waals surface area contributed by atoms with Crippen molar-refractivity contribution in [1.82, 2.24) is 10.2 Å². The van der Waals surface area contributed by atoms with Crippen molar-refractivity contribution in [2.75, 3.05) is 19.8 Å². The third-order valence-corrected chi connectivity index (χ3v) is 6.05. The number of unbranched alkanes of at least 4 members (excludes halogenated alkanes) is 1. The van der Waals surface area contributed by atoms with Crippen molar-refractivity contribution in [3.05, 3.63) is 59.2 Å². The first-order valence-electron chi connectivity index (χ1n) is 12.0. The van der Waals surface area contributed by atoms with E-state index in [4.69, 9.17) is 9.47 Å². The van der Waals surface area contributed by atoms with Gasteiger partial charge in [0.25, 0.3) is 0 Å². The van der Waals surface area contributed by atoms with E-state index >= 15 is 0 Å². The lowest BCUT2D eigenvalue weighted by molar-refractivity contribution is -0.141. The van der Waals surface area contributed by atoms with Crippen LogP contribution in [-0.4, -0.2) is 42.5 Å². The SMILES string of the molecule is CCCCNC(=O)[C@@H](CC)N(Cc1ccccc1C)C(=O)CCc1ccc2c(c1)OCCO2. The molecule has 6 heteroatoms. The number of amides is 2. The van der Waals surface area contributed by atoms with Gasteiger partial charge in [-0.25, -0.2) is 0 Å². The Labute approximate surface area is 197 Å². The van der Waals surface area contributed by atoms with E-state index in [-0.39, 0.29) is 11.8 Å². The zero-order chi connectivity index (χ0) is 23.6. The van der Waals surface area contributed by atoms with Gasteiger partial charge in [-0.15, -0.1) is 0 Å². The Kier molecular flexibility index (Phi) is 9.16. The molecular weight excluding hydrogens is 416 g/mol. The van der Waals surface area contributed by atoms with Crippen LogP contribution in [0.2, 0.25) is 0 Å². The molecule has 2 aromatic carbocycles. The van der Waals surface area contributed by atoms with Crippen molar-refractivity contribution in [2.24, 2.45) is 0 Å². The standard InChI is InChI=1S/C27H36N2O4/c1-4-6-15-28-27(31)23(5-2)29(19-22-10-8-7-9-20(22)3)26(30)14-12-21-11-13-24-25(18-21)33-17-16-32-24/h7-11,13,18,23H,4-6,12,14-17,19H2,1-3H3,(H,28,31)/t23-/m1/s1. The van der Waals surface area contributed by atoms with E-state index in [0.29, 0.717) is 45.6 Å². The summed E-state index contributed by atoms with van der Waals surface area (Å²) in [5, 5.41) is 3.02. The molecule has 1 atom stereocenters. The van der Waals surface area contributed by atoms with E-state index in [0.717, 1.165) is 41.0 Å². The Hall–Kier alpha value is -3.02. The number of benzene rings is 2. The first-order valence-corrected chi connectivity index (χ1v) is 12.0. The first kappa shape index (κ1) is 24.6. The Morgan fingerprint density at radius 1 is 1.06 bits per heavy atom. The minimum Gasteiger partial charge on any atom is -0.486 e. The van der Waals surface area contributed by atoms with E-state index in [1.165, 1.54) is 0 Å². The second-order valence-corrected chi connectivity index (χ2v) is 8.49. The number of aryl methyl sites for hydroxylation is 2. The third-order valence-electron chi connectivity index (χ3n) is 6.05. The fourth-order valence-electron chi connectivity index (χ4n) is 4.03. The van der Waals surface area contributed by atoms with Gasteiger partial charge in [-0.1, -0.05) is 50.6 Å². The van der Waals surface area contributed by atoms with Gasteiger partial charge in [0.1, 0.15) is 19.3 Å². The number of hydrogen-bond acceptors (Lipinski definition) is 4. The van der Waals surface area contributed by atoms with Crippen molar-refractivity contribution in [2.45, 2.75) is 65.5 Å². The summed E-state index contributed by atoms with van der Waals surface area (Å²) in [4.78, 5) is 28.2. The monoisotopic (exact) mass is 452 g/mol. The summed E-state index contributed by atoms with van der Waals surface area (Å²) in [7, 11) is 0. The quantitative estimate of drug-likeness (QED) is 0.513. The Bertz CT molecular complexity index is 943. The molecule has 0 aromatic heterocycles. The molecule has 0 saturated carbocycles. The maximum absolute atomic E-state index is 13.4. The average molecular weight is 453 g/mol. The van der Waals surface area contributed by atoms with Gasteiger partial charge in [0.2, 0.25) is 11.8 Å². The smallest absolute Gasteiger partial charge is 0.242 e. The molecule has 2 aromatic rings. The Balaban J connectivity index is 1.74. The van der Waals surface area contributed by atoms with Gasteiger partial charge in [-0.2, -0.15) is 0 Å². The Morgan fingerprint density at radius 2 is 1.82 bits per heavy atom. The summed E-state index contributed by atoms with van der Waals surface area (Å²) in [5.41, 5.74) is 3.19. The normalized spacial score (nSPS) is 13.3. The first-order chi connectivity index (χ1) is 16.0. The molecule has 1 heterocycles. The lowest BCUT2D eigenvalue weighted by Gasteiger charge is -2.31. The number of fused-ring (bicyclic) bond motifs is 1. The molecule has 178 valence electrons. The lowest BCUT2D eigenvalue weighted by atomic mass is 10.0. The molecule has 0 saturated heterocycles. The van der Waals surface area contributed by atoms with Crippen LogP contribution in [0.15, 0.2) is 42.5 Å². The highest BCUT2D eigenvalue weighted by Crippen LogP contribution is 2.31. The van der Waals surface area contributed by atoms with Crippen molar-refractivity contribution >= 4 is 11.8 Å². The van der Waals surface area contributed by atoms with Gasteiger partial charge in [0, 0.05) is 19.5 Å². The molecule has 6 nitrogen and oxygen atoms in total. The van der Waals surface area contributed by atoms with E-state index < -0.39 is 6.04 Å². The highest BCUT2D eigenvalue weighted by atomic mass is 16.6. The van der Waals surface area contributed by atoms with Crippen LogP contribution in [0.5, 0.6) is 11.5 Å². The molecule has 1 N–H and O–H groups in total. The molecule has 33 heavy (non-hydrogen) atoms. The summed E-state index contributed by atoms with van der Waals surface area (Å²) in [6.45, 7) is 8.23. The minimum atomic E-state index is -0.491. The third kappa shape index (κ3) is 6.73. The van der Waals surface area contributed by atoms with Crippen LogP contribution < -0.4 is 14.8 Å². The van der Waals surface area contributed by atoms with Gasteiger partial charge >= 0.3 is 0 Å². The summed E-state index contributed by atoms with van der Waals surface area (Å²) in [5.74, 6) is 1.37. The van der Waals surface area contributed by atoms with Crippen molar-refractivity contribution < 1.29 is 19.1 Å². The number of carbonyl (C=O) groups is 2. The molecular formula is C27H36N2O4. The van der Waals surface area contributed by atoms with E-state index in [1.807, 2.05) is 56.3 Å². The molecule has 0 radical (unpaired) electrons. The minimum absolute atomic E-state index is 0.0226. The van der Waals surface area contributed by atoms with Gasteiger partial charge in [-0.05, 0) is 55.0 Å². The topological polar surface area (TPSA) is 67.9 Å². The second-order valence-electron chi connectivity index (χ2n) is 8.49. The van der Waals surface area contributed by atoms with Crippen LogP contribution in [-0.2, 0) is 22.6 Å². The molecule has 3 rings (SSSR count). The maximum atomic E-state index is 13.4. The molecule has 0 fully saturated rings. The molecule has 1 aliphatic rings. The van der Waals surface area contributed by atoms with Gasteiger partial charge in [0.05, 0.1) is 0 Å². The van der Waals surface area contributed by atoms with Crippen molar-refractivity contribution in [3.63, 3.8) is 0 Å². The number of carbonyl (C=O) groups excluding carboxylic acids is 2. The number of hydrogen-bond donors (Lipinski definition) is 1. The number of rotatable bonds is 11. The summed E-state index contributed by atoms with van der Waals surface area (Å²) >= 11 is 0. The lowest BCUT2D eigenvalue weighted by Crippen LogP contribution is -2.49. The average Bonchev–Trinajstić information content (AvgIpc) is 2.83. The van der Waals surface area contributed by atoms with Crippen LogP contribution in [0.3, 0.4) is 0 Å². The summed E-state index contributed by atoms with van der Waals surface area (Å²) in [6, 6.07) is 13.4. The van der Waals surface area contributed by atoms with Crippen LogP contribution in [0, 0.1) is 6.92 Å². The number of ether oxygens (including phenoxy) is 2.